The molecule has 1 heterocycles. The van der Waals surface area contributed by atoms with E-state index in [0.717, 1.165) is 12.5 Å². The third-order valence-electron chi connectivity index (χ3n) is 4.81. The molecule has 1 aromatic carbocycles. The van der Waals surface area contributed by atoms with E-state index in [4.69, 9.17) is 0 Å². The van der Waals surface area contributed by atoms with E-state index in [1.54, 1.807) is 0 Å². The predicted molar refractivity (Wildman–Crippen MR) is 88.3 cm³/mol. The number of hydrogen-bond acceptors (Lipinski definition) is 2. The number of piperidine rings is 1. The van der Waals surface area contributed by atoms with E-state index in [-0.39, 0.29) is 0 Å². The monoisotopic (exact) mass is 274 g/mol. The summed E-state index contributed by atoms with van der Waals surface area (Å²) < 4.78 is 0. The molecule has 1 N–H and O–H groups in total. The van der Waals surface area contributed by atoms with Crippen molar-refractivity contribution in [2.24, 2.45) is 11.3 Å². The van der Waals surface area contributed by atoms with E-state index in [1.165, 1.54) is 31.6 Å². The topological polar surface area (TPSA) is 15.3 Å². The minimum atomic E-state index is 0.401. The van der Waals surface area contributed by atoms with Crippen LogP contribution in [-0.2, 0) is 0 Å². The van der Waals surface area contributed by atoms with Gasteiger partial charge in [0, 0.05) is 24.8 Å². The fraction of sp³-hybridized carbons (Fsp3) is 0.667. The standard InChI is InChI=1S/C18H30N2/c1-15(18(2,3)4)14-19-16-10-12-20(13-11-16)17-8-6-5-7-9-17/h5-9,15-16,19H,10-14H2,1-4H3. The highest BCUT2D eigenvalue weighted by molar-refractivity contribution is 5.46. The number of nitrogens with one attached hydrogen (secondary N) is 1. The molecule has 1 aliphatic rings. The van der Waals surface area contributed by atoms with Gasteiger partial charge in [-0.25, -0.2) is 0 Å². The van der Waals surface area contributed by atoms with E-state index in [0.29, 0.717) is 11.5 Å². The fourth-order valence-corrected chi connectivity index (χ4v) is 2.63. The first-order valence-corrected chi connectivity index (χ1v) is 8.00. The van der Waals surface area contributed by atoms with Gasteiger partial charge in [-0.3, -0.25) is 0 Å². The smallest absolute Gasteiger partial charge is 0.0366 e. The summed E-state index contributed by atoms with van der Waals surface area (Å²) in [6, 6.07) is 11.5. The van der Waals surface area contributed by atoms with Crippen molar-refractivity contribution in [3.05, 3.63) is 30.3 Å². The molecule has 0 saturated carbocycles. The van der Waals surface area contributed by atoms with E-state index in [2.05, 4.69) is 68.2 Å². The van der Waals surface area contributed by atoms with Crippen molar-refractivity contribution in [1.82, 2.24) is 5.32 Å². The highest BCUT2D eigenvalue weighted by Gasteiger charge is 2.23. The molecule has 1 aromatic rings. The van der Waals surface area contributed by atoms with Gasteiger partial charge in [-0.15, -0.1) is 0 Å². The average Bonchev–Trinajstić information content (AvgIpc) is 2.45. The molecule has 2 heteroatoms. The molecule has 112 valence electrons. The fourth-order valence-electron chi connectivity index (χ4n) is 2.63. The molecule has 1 unspecified atom stereocenters. The molecule has 1 saturated heterocycles. The molecule has 1 aliphatic heterocycles. The number of hydrogen-bond donors (Lipinski definition) is 1. The summed E-state index contributed by atoms with van der Waals surface area (Å²) in [4.78, 5) is 2.51. The zero-order chi connectivity index (χ0) is 14.6. The summed E-state index contributed by atoms with van der Waals surface area (Å²) in [5, 5.41) is 3.77. The van der Waals surface area contributed by atoms with Crippen molar-refractivity contribution >= 4 is 5.69 Å². The highest BCUT2D eigenvalue weighted by Crippen LogP contribution is 2.25. The van der Waals surface area contributed by atoms with Crippen molar-refractivity contribution < 1.29 is 0 Å². The highest BCUT2D eigenvalue weighted by atomic mass is 15.1. The largest absolute Gasteiger partial charge is 0.371 e. The second-order valence-electron chi connectivity index (χ2n) is 7.27. The van der Waals surface area contributed by atoms with Crippen LogP contribution < -0.4 is 10.2 Å². The van der Waals surface area contributed by atoms with Crippen LogP contribution >= 0.6 is 0 Å². The Hall–Kier alpha value is -1.02. The predicted octanol–water partition coefficient (Wildman–Crippen LogP) is 3.93. The summed E-state index contributed by atoms with van der Waals surface area (Å²) in [5.74, 6) is 0.717. The number of anilines is 1. The van der Waals surface area contributed by atoms with Crippen LogP contribution in [0.1, 0.15) is 40.5 Å². The number of nitrogens with zero attached hydrogens (tertiary/aromatic N) is 1. The molecule has 0 amide bonds. The van der Waals surface area contributed by atoms with Crippen LogP contribution in [0.2, 0.25) is 0 Å². The molecule has 20 heavy (non-hydrogen) atoms. The van der Waals surface area contributed by atoms with Gasteiger partial charge in [0.1, 0.15) is 0 Å². The zero-order valence-corrected chi connectivity index (χ0v) is 13.5. The average molecular weight is 274 g/mol. The summed E-state index contributed by atoms with van der Waals surface area (Å²) in [6.45, 7) is 12.8. The van der Waals surface area contributed by atoms with Crippen LogP contribution in [-0.4, -0.2) is 25.7 Å². The number of rotatable bonds is 4. The third kappa shape index (κ3) is 4.24. The van der Waals surface area contributed by atoms with Crippen LogP contribution in [0.15, 0.2) is 30.3 Å². The molecule has 0 aliphatic carbocycles. The summed E-state index contributed by atoms with van der Waals surface area (Å²) in [5.41, 5.74) is 1.77. The molecule has 0 aromatic heterocycles. The van der Waals surface area contributed by atoms with Crippen molar-refractivity contribution in [2.75, 3.05) is 24.5 Å². The lowest BCUT2D eigenvalue weighted by Crippen LogP contribution is -2.44. The van der Waals surface area contributed by atoms with Gasteiger partial charge in [-0.2, -0.15) is 0 Å². The molecule has 0 bridgehead atoms. The molecule has 2 nitrogen and oxygen atoms in total. The van der Waals surface area contributed by atoms with E-state index in [1.807, 2.05) is 0 Å². The Morgan fingerprint density at radius 1 is 1.15 bits per heavy atom. The zero-order valence-electron chi connectivity index (χ0n) is 13.5. The van der Waals surface area contributed by atoms with Gasteiger partial charge in [0.15, 0.2) is 0 Å². The first kappa shape index (κ1) is 15.4. The SMILES string of the molecule is CC(CNC1CCN(c2ccccc2)CC1)C(C)(C)C. The Morgan fingerprint density at radius 3 is 2.30 bits per heavy atom. The molecule has 0 radical (unpaired) electrons. The number of para-hydroxylation sites is 1. The van der Waals surface area contributed by atoms with Crippen LogP contribution in [0.4, 0.5) is 5.69 Å². The van der Waals surface area contributed by atoms with Gasteiger partial charge in [-0.1, -0.05) is 45.9 Å². The Labute approximate surface area is 124 Å². The summed E-state index contributed by atoms with van der Waals surface area (Å²) >= 11 is 0. The molecule has 1 atom stereocenters. The minimum Gasteiger partial charge on any atom is -0.371 e. The molecular formula is C18H30N2. The Kier molecular flexibility index (Phi) is 5.09. The lowest BCUT2D eigenvalue weighted by molar-refractivity contribution is 0.239. The normalized spacial score (nSPS) is 19.1. The van der Waals surface area contributed by atoms with Crippen LogP contribution in [0.25, 0.3) is 0 Å². The van der Waals surface area contributed by atoms with Gasteiger partial charge in [-0.05, 0) is 42.9 Å². The molecular weight excluding hydrogens is 244 g/mol. The minimum absolute atomic E-state index is 0.401. The Balaban J connectivity index is 1.75. The first-order chi connectivity index (χ1) is 9.47. The first-order valence-electron chi connectivity index (χ1n) is 8.00. The van der Waals surface area contributed by atoms with Crippen LogP contribution in [0, 0.1) is 11.3 Å². The number of benzene rings is 1. The van der Waals surface area contributed by atoms with Crippen molar-refractivity contribution in [2.45, 2.75) is 46.6 Å². The second-order valence-corrected chi connectivity index (χ2v) is 7.27. The lowest BCUT2D eigenvalue weighted by atomic mass is 9.82. The maximum Gasteiger partial charge on any atom is 0.0366 e. The summed E-state index contributed by atoms with van der Waals surface area (Å²) in [6.07, 6.45) is 2.51. The maximum atomic E-state index is 3.77. The van der Waals surface area contributed by atoms with Gasteiger partial charge < -0.3 is 10.2 Å². The van der Waals surface area contributed by atoms with Gasteiger partial charge in [0.2, 0.25) is 0 Å². The van der Waals surface area contributed by atoms with E-state index < -0.39 is 0 Å². The van der Waals surface area contributed by atoms with Gasteiger partial charge in [0.25, 0.3) is 0 Å². The lowest BCUT2D eigenvalue weighted by Gasteiger charge is -2.36. The Bertz CT molecular complexity index is 386. The van der Waals surface area contributed by atoms with Gasteiger partial charge in [0.05, 0.1) is 0 Å². The van der Waals surface area contributed by atoms with Crippen LogP contribution in [0.3, 0.4) is 0 Å². The van der Waals surface area contributed by atoms with Crippen molar-refractivity contribution in [1.29, 1.82) is 0 Å². The summed E-state index contributed by atoms with van der Waals surface area (Å²) in [7, 11) is 0. The Morgan fingerprint density at radius 2 is 1.75 bits per heavy atom. The van der Waals surface area contributed by atoms with Gasteiger partial charge >= 0.3 is 0 Å². The molecule has 2 rings (SSSR count). The van der Waals surface area contributed by atoms with E-state index >= 15 is 0 Å². The van der Waals surface area contributed by atoms with Crippen molar-refractivity contribution in [3.8, 4) is 0 Å². The third-order valence-corrected chi connectivity index (χ3v) is 4.81. The quantitative estimate of drug-likeness (QED) is 0.895. The molecule has 1 fully saturated rings. The van der Waals surface area contributed by atoms with Crippen molar-refractivity contribution in [3.63, 3.8) is 0 Å². The molecule has 0 spiro atoms. The van der Waals surface area contributed by atoms with Crippen LogP contribution in [0.5, 0.6) is 0 Å². The second kappa shape index (κ2) is 6.62. The maximum absolute atomic E-state index is 3.77. The van der Waals surface area contributed by atoms with E-state index in [9.17, 15) is 0 Å².